The van der Waals surface area contributed by atoms with Crippen LogP contribution >= 0.6 is 11.5 Å². The molecule has 0 aliphatic carbocycles. The number of amides is 1. The Morgan fingerprint density at radius 3 is 2.71 bits per heavy atom. The van der Waals surface area contributed by atoms with Crippen LogP contribution in [-0.2, 0) is 4.79 Å². The zero-order valence-electron chi connectivity index (χ0n) is 9.90. The van der Waals surface area contributed by atoms with E-state index in [1.165, 1.54) is 0 Å². The van der Waals surface area contributed by atoms with Gasteiger partial charge >= 0.3 is 5.97 Å². The first-order valence-corrected chi connectivity index (χ1v) is 5.92. The van der Waals surface area contributed by atoms with E-state index in [2.05, 4.69) is 9.69 Å². The number of carbonyl (C=O) groups excluding carboxylic acids is 1. The van der Waals surface area contributed by atoms with Crippen molar-refractivity contribution in [2.45, 2.75) is 27.2 Å². The van der Waals surface area contributed by atoms with Gasteiger partial charge in [-0.15, -0.1) is 0 Å². The lowest BCUT2D eigenvalue weighted by atomic mass is 10.2. The van der Waals surface area contributed by atoms with E-state index in [9.17, 15) is 9.59 Å². The van der Waals surface area contributed by atoms with Crippen LogP contribution < -0.4 is 5.32 Å². The molecule has 0 aliphatic rings. The highest BCUT2D eigenvalue weighted by Crippen LogP contribution is 2.24. The lowest BCUT2D eigenvalue weighted by Crippen LogP contribution is -2.14. The highest BCUT2D eigenvalue weighted by atomic mass is 32.1. The van der Waals surface area contributed by atoms with Crippen LogP contribution in [0.3, 0.4) is 0 Å². The second-order valence-corrected chi connectivity index (χ2v) is 4.30. The summed E-state index contributed by atoms with van der Waals surface area (Å²) in [7, 11) is 0. The summed E-state index contributed by atoms with van der Waals surface area (Å²) in [4.78, 5) is 22.7. The zero-order chi connectivity index (χ0) is 13.0. The van der Waals surface area contributed by atoms with Gasteiger partial charge in [0.1, 0.15) is 10.6 Å². The van der Waals surface area contributed by atoms with Gasteiger partial charge in [0.05, 0.1) is 5.69 Å². The summed E-state index contributed by atoms with van der Waals surface area (Å²) < 4.78 is 3.92. The van der Waals surface area contributed by atoms with Crippen LogP contribution in [0.25, 0.3) is 0 Å². The molecule has 0 bridgehead atoms. The van der Waals surface area contributed by atoms with Crippen LogP contribution in [0.5, 0.6) is 0 Å². The van der Waals surface area contributed by atoms with Gasteiger partial charge in [0, 0.05) is 5.57 Å². The largest absolute Gasteiger partial charge is 0.478 e. The molecule has 1 rings (SSSR count). The molecule has 0 aromatic carbocycles. The molecule has 1 heterocycles. The summed E-state index contributed by atoms with van der Waals surface area (Å²) in [6.07, 6.45) is 2.54. The molecule has 0 saturated heterocycles. The number of aromatic carboxylic acids is 1. The molecule has 0 unspecified atom stereocenters. The summed E-state index contributed by atoms with van der Waals surface area (Å²) in [6, 6.07) is 0. The highest BCUT2D eigenvalue weighted by Gasteiger charge is 2.19. The van der Waals surface area contributed by atoms with Gasteiger partial charge in [-0.2, -0.15) is 4.37 Å². The molecular formula is C11H14N2O3S. The van der Waals surface area contributed by atoms with Crippen LogP contribution in [0.15, 0.2) is 11.6 Å². The van der Waals surface area contributed by atoms with Crippen LogP contribution in [-0.4, -0.2) is 21.4 Å². The molecule has 2 N–H and O–H groups in total. The summed E-state index contributed by atoms with van der Waals surface area (Å²) >= 11 is 0.978. The van der Waals surface area contributed by atoms with Gasteiger partial charge in [-0.25, -0.2) is 4.79 Å². The molecular weight excluding hydrogens is 240 g/mol. The molecule has 5 nitrogen and oxygen atoms in total. The van der Waals surface area contributed by atoms with Gasteiger partial charge in [0.15, 0.2) is 0 Å². The molecule has 0 atom stereocenters. The van der Waals surface area contributed by atoms with Gasteiger partial charge in [-0.05, 0) is 31.8 Å². The summed E-state index contributed by atoms with van der Waals surface area (Å²) in [5, 5.41) is 11.8. The maximum Gasteiger partial charge on any atom is 0.340 e. The number of nitrogens with zero attached hydrogens (tertiary/aromatic N) is 1. The molecule has 0 spiro atoms. The van der Waals surface area contributed by atoms with E-state index in [-0.39, 0.29) is 16.5 Å². The molecule has 0 aliphatic heterocycles. The first kappa shape index (κ1) is 13.4. The molecule has 17 heavy (non-hydrogen) atoms. The third-order valence-electron chi connectivity index (χ3n) is 2.17. The number of hydrogen-bond donors (Lipinski definition) is 2. The molecule has 1 aromatic heterocycles. The van der Waals surface area contributed by atoms with E-state index in [0.29, 0.717) is 11.3 Å². The minimum absolute atomic E-state index is 0.0626. The number of nitrogens with one attached hydrogen (secondary N) is 1. The quantitative estimate of drug-likeness (QED) is 0.809. The summed E-state index contributed by atoms with van der Waals surface area (Å²) in [5.74, 6) is -1.37. The molecule has 92 valence electrons. The molecule has 0 fully saturated rings. The van der Waals surface area contributed by atoms with Gasteiger partial charge < -0.3 is 10.4 Å². The van der Waals surface area contributed by atoms with Crippen molar-refractivity contribution >= 4 is 28.4 Å². The van der Waals surface area contributed by atoms with Crippen LogP contribution in [0.1, 0.15) is 36.3 Å². The van der Waals surface area contributed by atoms with Crippen LogP contribution in [0, 0.1) is 6.92 Å². The number of carboxylic acids is 1. The maximum atomic E-state index is 11.7. The number of rotatable bonds is 4. The predicted molar refractivity (Wildman–Crippen MR) is 66.5 cm³/mol. The second-order valence-electron chi connectivity index (χ2n) is 3.53. The molecule has 0 radical (unpaired) electrons. The normalized spacial score (nSPS) is 11.4. The fourth-order valence-corrected chi connectivity index (χ4v) is 2.09. The van der Waals surface area contributed by atoms with Crippen molar-refractivity contribution in [1.82, 2.24) is 4.37 Å². The minimum atomic E-state index is -1.08. The summed E-state index contributed by atoms with van der Waals surface area (Å²) in [6.45, 7) is 5.22. The Morgan fingerprint density at radius 2 is 2.18 bits per heavy atom. The number of aromatic nitrogens is 1. The standard InChI is InChI=1S/C11H14N2O3S/c1-4-5-6(2)9(14)12-10-8(11(15)16)7(3)13-17-10/h5H,4H2,1-3H3,(H,12,14)(H,15,16)/b6-5+. The van der Waals surface area contributed by atoms with Crippen molar-refractivity contribution in [3.05, 3.63) is 22.9 Å². The zero-order valence-corrected chi connectivity index (χ0v) is 10.7. The van der Waals surface area contributed by atoms with Crippen molar-refractivity contribution < 1.29 is 14.7 Å². The average molecular weight is 254 g/mol. The van der Waals surface area contributed by atoms with Crippen molar-refractivity contribution in [2.24, 2.45) is 0 Å². The minimum Gasteiger partial charge on any atom is -0.478 e. The number of allylic oxidation sites excluding steroid dienone is 1. The molecule has 6 heteroatoms. The Bertz CT molecular complexity index is 477. The number of carboxylic acid groups (broad SMARTS) is 1. The van der Waals surface area contributed by atoms with Gasteiger partial charge in [-0.1, -0.05) is 13.0 Å². The van der Waals surface area contributed by atoms with Crippen molar-refractivity contribution in [3.8, 4) is 0 Å². The van der Waals surface area contributed by atoms with E-state index in [4.69, 9.17) is 5.11 Å². The lowest BCUT2D eigenvalue weighted by molar-refractivity contribution is -0.112. The van der Waals surface area contributed by atoms with Gasteiger partial charge in [-0.3, -0.25) is 4.79 Å². The van der Waals surface area contributed by atoms with E-state index in [1.807, 2.05) is 6.92 Å². The SMILES string of the molecule is CC/C=C(\C)C(=O)Nc1snc(C)c1C(=O)O. The Labute approximate surface area is 103 Å². The number of aryl methyl sites for hydroxylation is 1. The van der Waals surface area contributed by atoms with Gasteiger partial charge in [0.25, 0.3) is 5.91 Å². The second kappa shape index (κ2) is 5.58. The lowest BCUT2D eigenvalue weighted by Gasteiger charge is -2.03. The van der Waals surface area contributed by atoms with Crippen molar-refractivity contribution in [1.29, 1.82) is 0 Å². The Morgan fingerprint density at radius 1 is 1.53 bits per heavy atom. The smallest absolute Gasteiger partial charge is 0.340 e. The fraction of sp³-hybridized carbons (Fsp3) is 0.364. The Balaban J connectivity index is 2.93. The fourth-order valence-electron chi connectivity index (χ4n) is 1.31. The predicted octanol–water partition coefficient (Wildman–Crippen LogP) is 2.44. The number of anilines is 1. The van der Waals surface area contributed by atoms with Crippen LogP contribution in [0.2, 0.25) is 0 Å². The monoisotopic (exact) mass is 254 g/mol. The molecule has 1 aromatic rings. The van der Waals surface area contributed by atoms with Crippen molar-refractivity contribution in [3.63, 3.8) is 0 Å². The first-order valence-electron chi connectivity index (χ1n) is 5.15. The van der Waals surface area contributed by atoms with E-state index in [0.717, 1.165) is 18.0 Å². The van der Waals surface area contributed by atoms with E-state index < -0.39 is 5.97 Å². The average Bonchev–Trinajstić information content (AvgIpc) is 2.60. The summed E-state index contributed by atoms with van der Waals surface area (Å²) in [5.41, 5.74) is 1.04. The molecule has 1 amide bonds. The first-order chi connectivity index (χ1) is 7.97. The third-order valence-corrected chi connectivity index (χ3v) is 3.03. The van der Waals surface area contributed by atoms with E-state index >= 15 is 0 Å². The van der Waals surface area contributed by atoms with Crippen LogP contribution in [0.4, 0.5) is 5.00 Å². The molecule has 0 saturated carbocycles. The Hall–Kier alpha value is -1.69. The maximum absolute atomic E-state index is 11.7. The van der Waals surface area contributed by atoms with Gasteiger partial charge in [0.2, 0.25) is 0 Å². The Kier molecular flexibility index (Phi) is 4.39. The van der Waals surface area contributed by atoms with E-state index in [1.54, 1.807) is 19.9 Å². The highest BCUT2D eigenvalue weighted by molar-refractivity contribution is 7.11. The number of carbonyl (C=O) groups is 2. The topological polar surface area (TPSA) is 79.3 Å². The third kappa shape index (κ3) is 3.13. The number of hydrogen-bond acceptors (Lipinski definition) is 4. The van der Waals surface area contributed by atoms with Crippen molar-refractivity contribution in [2.75, 3.05) is 5.32 Å².